The van der Waals surface area contributed by atoms with Crippen molar-refractivity contribution in [2.45, 2.75) is 6.67 Å². The van der Waals surface area contributed by atoms with E-state index in [1.807, 2.05) is 103 Å². The maximum Gasteiger partial charge on any atom is 0.366 e. The van der Waals surface area contributed by atoms with Crippen LogP contribution in [-0.2, 0) is 11.5 Å². The highest BCUT2D eigenvalue weighted by Gasteiger charge is 2.32. The molecule has 8 heteroatoms. The summed E-state index contributed by atoms with van der Waals surface area (Å²) in [5.74, 6) is 0.0433. The number of aliphatic imine (C=N–C) groups is 1. The molecule has 0 spiro atoms. The molecule has 1 aliphatic rings. The average molecular weight is 544 g/mol. The summed E-state index contributed by atoms with van der Waals surface area (Å²) in [5, 5.41) is 5.32. The Labute approximate surface area is 235 Å². The maximum atomic E-state index is 13.7. The van der Waals surface area contributed by atoms with E-state index in [4.69, 9.17) is 16.7 Å². The van der Waals surface area contributed by atoms with Crippen LogP contribution in [0.5, 0.6) is 0 Å². The Bertz CT molecular complexity index is 1800. The molecule has 2 heterocycles. The van der Waals surface area contributed by atoms with Crippen molar-refractivity contribution in [3.63, 3.8) is 0 Å². The minimum atomic E-state index is -0.578. The zero-order valence-electron chi connectivity index (χ0n) is 21.2. The van der Waals surface area contributed by atoms with E-state index in [1.165, 1.54) is 9.58 Å². The molecule has 0 saturated carbocycles. The van der Waals surface area contributed by atoms with Crippen LogP contribution < -0.4 is 5.69 Å². The largest absolute Gasteiger partial charge is 0.366 e. The van der Waals surface area contributed by atoms with Gasteiger partial charge in [0.2, 0.25) is 0 Å². The van der Waals surface area contributed by atoms with Crippen LogP contribution in [0.1, 0.15) is 11.1 Å². The zero-order valence-corrected chi connectivity index (χ0v) is 21.9. The second-order valence-electron chi connectivity index (χ2n) is 9.08. The molecule has 4 aromatic carbocycles. The molecule has 1 amide bonds. The van der Waals surface area contributed by atoms with Crippen molar-refractivity contribution in [2.75, 3.05) is 0 Å². The van der Waals surface area contributed by atoms with Crippen LogP contribution in [0.2, 0.25) is 5.02 Å². The molecular weight excluding hydrogens is 522 g/mol. The Hall–Kier alpha value is -5.14. The van der Waals surface area contributed by atoms with Gasteiger partial charge in [0.25, 0.3) is 5.91 Å². The van der Waals surface area contributed by atoms with Crippen LogP contribution in [0.15, 0.2) is 131 Å². The second kappa shape index (κ2) is 10.9. The van der Waals surface area contributed by atoms with E-state index in [1.54, 1.807) is 18.2 Å². The molecule has 7 nitrogen and oxygen atoms in total. The van der Waals surface area contributed by atoms with Crippen molar-refractivity contribution >= 4 is 29.3 Å². The molecule has 6 rings (SSSR count). The monoisotopic (exact) mass is 543 g/mol. The summed E-state index contributed by atoms with van der Waals surface area (Å²) in [6.45, 7) is -0.168. The number of rotatable bonds is 6. The fourth-order valence-electron chi connectivity index (χ4n) is 4.42. The summed E-state index contributed by atoms with van der Waals surface area (Å²) in [7, 11) is 0. The van der Waals surface area contributed by atoms with Crippen LogP contribution in [0, 0.1) is 0 Å². The SMILES string of the molecule is O=C1C(c2ccccc2)=N/C(=C\c2ccc(Cl)cc2)N1Cn1nc(-c2ccccc2)c(-c2ccccc2)nc1=O. The van der Waals surface area contributed by atoms with Gasteiger partial charge in [-0.2, -0.15) is 14.8 Å². The van der Waals surface area contributed by atoms with Crippen LogP contribution in [0.4, 0.5) is 0 Å². The smallest absolute Gasteiger partial charge is 0.271 e. The lowest BCUT2D eigenvalue weighted by molar-refractivity contribution is -0.122. The fraction of sp³-hybridized carbons (Fsp3) is 0.0312. The number of carbonyl (C=O) groups is 1. The Morgan fingerprint density at radius 3 is 1.82 bits per heavy atom. The highest BCUT2D eigenvalue weighted by molar-refractivity contribution is 6.47. The average Bonchev–Trinajstić information content (AvgIpc) is 3.30. The molecule has 5 aromatic rings. The number of hydrogen-bond acceptors (Lipinski definition) is 5. The van der Waals surface area contributed by atoms with Gasteiger partial charge in [-0.25, -0.2) is 9.79 Å². The summed E-state index contributed by atoms with van der Waals surface area (Å²) in [6, 6.07) is 35.4. The van der Waals surface area contributed by atoms with E-state index in [-0.39, 0.29) is 18.3 Å². The normalized spacial score (nSPS) is 14.0. The van der Waals surface area contributed by atoms with Gasteiger partial charge in [-0.15, -0.1) is 0 Å². The second-order valence-corrected chi connectivity index (χ2v) is 9.51. The molecule has 0 fully saturated rings. The van der Waals surface area contributed by atoms with E-state index < -0.39 is 5.69 Å². The van der Waals surface area contributed by atoms with Crippen LogP contribution in [-0.4, -0.2) is 31.3 Å². The van der Waals surface area contributed by atoms with Gasteiger partial charge in [0, 0.05) is 21.7 Å². The number of hydrogen-bond donors (Lipinski definition) is 0. The quantitative estimate of drug-likeness (QED) is 0.266. The number of amides is 1. The molecular formula is C32H22ClN5O2. The van der Waals surface area contributed by atoms with Gasteiger partial charge in [-0.1, -0.05) is 115 Å². The third kappa shape index (κ3) is 5.10. The van der Waals surface area contributed by atoms with Crippen molar-refractivity contribution in [3.8, 4) is 22.5 Å². The summed E-state index contributed by atoms with van der Waals surface area (Å²) >= 11 is 6.06. The highest BCUT2D eigenvalue weighted by Crippen LogP contribution is 2.28. The summed E-state index contributed by atoms with van der Waals surface area (Å²) < 4.78 is 1.20. The van der Waals surface area contributed by atoms with Crippen LogP contribution in [0.3, 0.4) is 0 Å². The van der Waals surface area contributed by atoms with Crippen molar-refractivity contribution in [1.29, 1.82) is 0 Å². The van der Waals surface area contributed by atoms with E-state index >= 15 is 0 Å². The fourth-order valence-corrected chi connectivity index (χ4v) is 4.55. The molecule has 0 atom stereocenters. The van der Waals surface area contributed by atoms with Gasteiger partial charge in [-0.05, 0) is 23.8 Å². The molecule has 0 bridgehead atoms. The zero-order chi connectivity index (χ0) is 27.5. The van der Waals surface area contributed by atoms with Crippen LogP contribution >= 0.6 is 11.6 Å². The van der Waals surface area contributed by atoms with E-state index in [2.05, 4.69) is 9.98 Å². The first kappa shape index (κ1) is 25.2. The Morgan fingerprint density at radius 2 is 1.23 bits per heavy atom. The standard InChI is InChI=1S/C32H22ClN5O2/c33-26-18-16-22(17-19-26)20-27-34-30(25-14-8-3-9-15-25)31(39)37(27)21-38-32(40)35-28(23-10-4-1-5-11-23)29(36-38)24-12-6-2-7-13-24/h1-20H,21H2/b27-20+. The van der Waals surface area contributed by atoms with Gasteiger partial charge in [0.05, 0.1) is 0 Å². The Morgan fingerprint density at radius 1 is 0.675 bits per heavy atom. The lowest BCUT2D eigenvalue weighted by Gasteiger charge is -2.19. The van der Waals surface area contributed by atoms with Crippen molar-refractivity contribution in [1.82, 2.24) is 19.7 Å². The predicted octanol–water partition coefficient (Wildman–Crippen LogP) is 5.91. The van der Waals surface area contributed by atoms with Crippen molar-refractivity contribution in [2.24, 2.45) is 4.99 Å². The van der Waals surface area contributed by atoms with E-state index in [9.17, 15) is 9.59 Å². The number of aromatic nitrogens is 3. The van der Waals surface area contributed by atoms with Gasteiger partial charge >= 0.3 is 5.69 Å². The molecule has 0 unspecified atom stereocenters. The van der Waals surface area contributed by atoms with Gasteiger partial charge in [-0.3, -0.25) is 9.69 Å². The van der Waals surface area contributed by atoms with Crippen LogP contribution in [0.25, 0.3) is 28.6 Å². The molecule has 1 aromatic heterocycles. The maximum absolute atomic E-state index is 13.7. The first-order valence-electron chi connectivity index (χ1n) is 12.6. The summed E-state index contributed by atoms with van der Waals surface area (Å²) in [6.07, 6.45) is 1.78. The van der Waals surface area contributed by atoms with Crippen molar-refractivity contribution < 1.29 is 4.79 Å². The third-order valence-electron chi connectivity index (χ3n) is 6.41. The number of halogens is 1. The molecule has 0 saturated heterocycles. The van der Waals surface area contributed by atoms with Crippen molar-refractivity contribution in [3.05, 3.63) is 148 Å². The number of nitrogens with zero attached hydrogens (tertiary/aromatic N) is 5. The molecule has 0 aliphatic carbocycles. The first-order chi connectivity index (χ1) is 19.6. The Balaban J connectivity index is 1.45. The minimum absolute atomic E-state index is 0.168. The van der Waals surface area contributed by atoms with Gasteiger partial charge in [0.15, 0.2) is 0 Å². The molecule has 194 valence electrons. The number of carbonyl (C=O) groups excluding carboxylic acids is 1. The lowest BCUT2D eigenvalue weighted by Crippen LogP contribution is -2.38. The molecule has 40 heavy (non-hydrogen) atoms. The first-order valence-corrected chi connectivity index (χ1v) is 13.0. The lowest BCUT2D eigenvalue weighted by atomic mass is 10.0. The highest BCUT2D eigenvalue weighted by atomic mass is 35.5. The number of benzene rings is 4. The summed E-state index contributed by atoms with van der Waals surface area (Å²) in [4.78, 5) is 37.5. The Kier molecular flexibility index (Phi) is 6.87. The molecule has 0 N–H and O–H groups in total. The molecule has 1 aliphatic heterocycles. The predicted molar refractivity (Wildman–Crippen MR) is 156 cm³/mol. The molecule has 0 radical (unpaired) electrons. The summed E-state index contributed by atoms with van der Waals surface area (Å²) in [5.41, 5.74) is 3.76. The third-order valence-corrected chi connectivity index (χ3v) is 6.66. The van der Waals surface area contributed by atoms with Gasteiger partial charge in [0.1, 0.15) is 29.6 Å². The minimum Gasteiger partial charge on any atom is -0.271 e. The van der Waals surface area contributed by atoms with E-state index in [0.717, 1.165) is 16.7 Å². The topological polar surface area (TPSA) is 80.5 Å². The van der Waals surface area contributed by atoms with Gasteiger partial charge < -0.3 is 0 Å². The van der Waals surface area contributed by atoms with E-state index in [0.29, 0.717) is 27.8 Å².